The quantitative estimate of drug-likeness (QED) is 0.555. The lowest BCUT2D eigenvalue weighted by Crippen LogP contribution is -2.03. The molecule has 0 aliphatic carbocycles. The molecule has 134 valence electrons. The van der Waals surface area contributed by atoms with E-state index in [1.54, 1.807) is 11.8 Å². The number of rotatable bonds is 4. The maximum absolute atomic E-state index is 6.00. The maximum atomic E-state index is 6.00. The van der Waals surface area contributed by atoms with Crippen molar-refractivity contribution in [1.82, 2.24) is 0 Å². The van der Waals surface area contributed by atoms with Gasteiger partial charge in [0.25, 0.3) is 0 Å². The van der Waals surface area contributed by atoms with Crippen LogP contribution in [0, 0.1) is 0 Å². The molecule has 1 aliphatic rings. The highest BCUT2D eigenvalue weighted by atomic mass is 35.5. The summed E-state index contributed by atoms with van der Waals surface area (Å²) in [6.45, 7) is 1.63. The van der Waals surface area contributed by atoms with E-state index in [2.05, 4.69) is 66.0 Å². The molecule has 0 saturated heterocycles. The minimum absolute atomic E-state index is 0.756. The molecule has 0 amide bonds. The van der Waals surface area contributed by atoms with Gasteiger partial charge in [0.1, 0.15) is 0 Å². The zero-order chi connectivity index (χ0) is 18.5. The first-order valence-corrected chi connectivity index (χ1v) is 10.1. The Labute approximate surface area is 169 Å². The lowest BCUT2D eigenvalue weighted by Gasteiger charge is -2.08. The number of aliphatic imine (C=N–C) groups is 1. The van der Waals surface area contributed by atoms with Crippen LogP contribution in [0.3, 0.4) is 0 Å². The van der Waals surface area contributed by atoms with Crippen LogP contribution in [-0.4, -0.2) is 18.8 Å². The molecule has 1 aliphatic heterocycles. The van der Waals surface area contributed by atoms with Gasteiger partial charge in [-0.1, -0.05) is 65.8 Å². The number of hydrogen-bond acceptors (Lipinski definition) is 3. The van der Waals surface area contributed by atoms with Gasteiger partial charge in [-0.05, 0) is 48.0 Å². The molecule has 3 aromatic carbocycles. The average Bonchev–Trinajstić information content (AvgIpc) is 2.91. The second-order valence-electron chi connectivity index (χ2n) is 6.17. The molecular formula is C23H19ClN2S. The van der Waals surface area contributed by atoms with Gasteiger partial charge >= 0.3 is 0 Å². The van der Waals surface area contributed by atoms with Crippen LogP contribution in [0.4, 0.5) is 5.69 Å². The molecule has 0 unspecified atom stereocenters. The topological polar surface area (TPSA) is 24.4 Å². The van der Waals surface area contributed by atoms with E-state index >= 15 is 0 Å². The predicted octanol–water partition coefficient (Wildman–Crippen LogP) is 6.42. The number of benzene rings is 3. The molecule has 0 atom stereocenters. The highest BCUT2D eigenvalue weighted by molar-refractivity contribution is 7.99. The minimum atomic E-state index is 0.756. The highest BCUT2D eigenvalue weighted by Gasteiger charge is 2.09. The van der Waals surface area contributed by atoms with E-state index in [1.807, 2.05) is 24.3 Å². The van der Waals surface area contributed by atoms with E-state index in [1.165, 1.54) is 15.4 Å². The largest absolute Gasteiger partial charge is 0.383 e. The predicted molar refractivity (Wildman–Crippen MR) is 117 cm³/mol. The summed E-state index contributed by atoms with van der Waals surface area (Å²) in [6, 6.07) is 24.7. The molecular weight excluding hydrogens is 372 g/mol. The number of benzodiazepines with no additional fused rings is 1. The molecule has 2 nitrogen and oxygen atoms in total. The fraction of sp³-hybridized carbons (Fsp3) is 0.0870. The van der Waals surface area contributed by atoms with Crippen molar-refractivity contribution in [2.45, 2.75) is 9.79 Å². The van der Waals surface area contributed by atoms with Crippen LogP contribution in [0.1, 0.15) is 11.1 Å². The van der Waals surface area contributed by atoms with Gasteiger partial charge in [0, 0.05) is 32.6 Å². The van der Waals surface area contributed by atoms with Crippen LogP contribution in [-0.2, 0) is 0 Å². The molecule has 1 heterocycles. The smallest absolute Gasteiger partial charge is 0.0668 e. The first-order valence-electron chi connectivity index (χ1n) is 8.88. The summed E-state index contributed by atoms with van der Waals surface area (Å²) in [5.41, 5.74) is 4.48. The Balaban J connectivity index is 1.61. The monoisotopic (exact) mass is 390 g/mol. The molecule has 0 aromatic heterocycles. The van der Waals surface area contributed by atoms with Crippen molar-refractivity contribution in [3.8, 4) is 0 Å². The Hall–Kier alpha value is -2.49. The zero-order valence-electron chi connectivity index (χ0n) is 14.7. The summed E-state index contributed by atoms with van der Waals surface area (Å²) in [5.74, 6) is 0. The lowest BCUT2D eigenvalue weighted by molar-refractivity contribution is 1.04. The highest BCUT2D eigenvalue weighted by Crippen LogP contribution is 2.32. The molecule has 3 aromatic rings. The third-order valence-corrected chi connectivity index (χ3v) is 5.65. The van der Waals surface area contributed by atoms with Crippen LogP contribution in [0.15, 0.2) is 93.7 Å². The Bertz CT molecular complexity index is 993. The second-order valence-corrected chi connectivity index (χ2v) is 7.72. The summed E-state index contributed by atoms with van der Waals surface area (Å²) < 4.78 is 0. The molecule has 0 fully saturated rings. The van der Waals surface area contributed by atoms with Gasteiger partial charge in [0.05, 0.1) is 12.3 Å². The second kappa shape index (κ2) is 8.47. The Morgan fingerprint density at radius 1 is 0.889 bits per heavy atom. The summed E-state index contributed by atoms with van der Waals surface area (Å²) >= 11 is 7.73. The number of fused-ring (bicyclic) bond motifs is 1. The standard InChI is InChI=1S/C23H19ClN2S/c24-18-10-12-19(13-11-18)27-23-8-4-1-5-17(23)9-14-22-20-6-2-3-7-21(20)25-15-16-26-22/h1-14,25H,15-16H2. The van der Waals surface area contributed by atoms with Gasteiger partial charge in [-0.2, -0.15) is 0 Å². The zero-order valence-corrected chi connectivity index (χ0v) is 16.3. The maximum Gasteiger partial charge on any atom is 0.0668 e. The number of allylic oxidation sites excluding steroid dienone is 1. The van der Waals surface area contributed by atoms with Gasteiger partial charge in [-0.3, -0.25) is 4.99 Å². The fourth-order valence-electron chi connectivity index (χ4n) is 2.96. The van der Waals surface area contributed by atoms with Crippen LogP contribution in [0.25, 0.3) is 6.08 Å². The molecule has 4 heteroatoms. The summed E-state index contributed by atoms with van der Waals surface area (Å²) in [5, 5.41) is 4.19. The van der Waals surface area contributed by atoms with Gasteiger partial charge in [0.2, 0.25) is 0 Å². The number of nitrogens with zero attached hydrogens (tertiary/aromatic N) is 1. The number of halogens is 1. The SMILES string of the molecule is Clc1ccc(Sc2ccccc2C=CC2=NCCNc3ccccc32)cc1. The van der Waals surface area contributed by atoms with Crippen molar-refractivity contribution in [2.75, 3.05) is 18.4 Å². The van der Waals surface area contributed by atoms with E-state index < -0.39 is 0 Å². The van der Waals surface area contributed by atoms with Crippen molar-refractivity contribution < 1.29 is 0 Å². The van der Waals surface area contributed by atoms with Gasteiger partial charge < -0.3 is 5.32 Å². The van der Waals surface area contributed by atoms with Gasteiger partial charge in [-0.25, -0.2) is 0 Å². The number of anilines is 1. The lowest BCUT2D eigenvalue weighted by atomic mass is 10.1. The van der Waals surface area contributed by atoms with Gasteiger partial charge in [0.15, 0.2) is 0 Å². The van der Waals surface area contributed by atoms with Crippen molar-refractivity contribution in [3.63, 3.8) is 0 Å². The van der Waals surface area contributed by atoms with Crippen LogP contribution >= 0.6 is 23.4 Å². The molecule has 27 heavy (non-hydrogen) atoms. The van der Waals surface area contributed by atoms with Crippen molar-refractivity contribution in [2.24, 2.45) is 4.99 Å². The van der Waals surface area contributed by atoms with Crippen molar-refractivity contribution >= 4 is 40.8 Å². The molecule has 0 saturated carbocycles. The molecule has 4 rings (SSSR count). The molecule has 0 radical (unpaired) electrons. The number of para-hydroxylation sites is 1. The fourth-order valence-corrected chi connectivity index (χ4v) is 4.02. The van der Waals surface area contributed by atoms with E-state index in [9.17, 15) is 0 Å². The van der Waals surface area contributed by atoms with E-state index in [-0.39, 0.29) is 0 Å². The first-order chi connectivity index (χ1) is 13.3. The minimum Gasteiger partial charge on any atom is -0.383 e. The number of hydrogen-bond donors (Lipinski definition) is 1. The van der Waals surface area contributed by atoms with E-state index in [4.69, 9.17) is 16.6 Å². The van der Waals surface area contributed by atoms with Crippen LogP contribution < -0.4 is 5.32 Å². The number of nitrogens with one attached hydrogen (secondary N) is 1. The third kappa shape index (κ3) is 4.44. The van der Waals surface area contributed by atoms with E-state index in [0.717, 1.165) is 35.1 Å². The van der Waals surface area contributed by atoms with E-state index in [0.29, 0.717) is 0 Å². The average molecular weight is 391 g/mol. The normalized spacial score (nSPS) is 13.6. The van der Waals surface area contributed by atoms with Crippen LogP contribution in [0.5, 0.6) is 0 Å². The summed E-state index contributed by atoms with van der Waals surface area (Å²) in [7, 11) is 0. The van der Waals surface area contributed by atoms with Crippen LogP contribution in [0.2, 0.25) is 5.02 Å². The Morgan fingerprint density at radius 3 is 2.56 bits per heavy atom. The Kier molecular flexibility index (Phi) is 5.61. The Morgan fingerprint density at radius 2 is 1.67 bits per heavy atom. The molecule has 1 N–H and O–H groups in total. The first kappa shape index (κ1) is 17.9. The van der Waals surface area contributed by atoms with Gasteiger partial charge in [-0.15, -0.1) is 0 Å². The molecule has 0 spiro atoms. The van der Waals surface area contributed by atoms with Crippen molar-refractivity contribution in [3.05, 3.63) is 95.0 Å². The van der Waals surface area contributed by atoms with Crippen molar-refractivity contribution in [1.29, 1.82) is 0 Å². The molecule has 0 bridgehead atoms. The third-order valence-electron chi connectivity index (χ3n) is 4.29. The summed E-state index contributed by atoms with van der Waals surface area (Å²) in [4.78, 5) is 7.12. The summed E-state index contributed by atoms with van der Waals surface area (Å²) in [6.07, 6.45) is 4.27.